The molecule has 0 amide bonds. The van der Waals surface area contributed by atoms with E-state index in [1.54, 1.807) is 0 Å². The number of aliphatic imine (C=N–C) groups is 1. The van der Waals surface area contributed by atoms with Crippen LogP contribution in [0.4, 0.5) is 5.95 Å². The Bertz CT molecular complexity index is 565. The van der Waals surface area contributed by atoms with Gasteiger partial charge in [0.25, 0.3) is 0 Å². The van der Waals surface area contributed by atoms with Crippen molar-refractivity contribution in [2.24, 2.45) is 16.8 Å². The van der Waals surface area contributed by atoms with Gasteiger partial charge in [0.15, 0.2) is 5.96 Å². The van der Waals surface area contributed by atoms with Gasteiger partial charge < -0.3 is 15.1 Å². The van der Waals surface area contributed by atoms with E-state index in [0.717, 1.165) is 76.1 Å². The Morgan fingerprint density at radius 1 is 1.11 bits per heavy atom. The molecule has 3 rings (SSSR count). The highest BCUT2D eigenvalue weighted by molar-refractivity contribution is 14.0. The zero-order valence-corrected chi connectivity index (χ0v) is 19.2. The number of anilines is 1. The maximum absolute atomic E-state index is 4.50. The van der Waals surface area contributed by atoms with Crippen LogP contribution >= 0.6 is 24.0 Å². The van der Waals surface area contributed by atoms with Crippen LogP contribution in [0.3, 0.4) is 0 Å². The van der Waals surface area contributed by atoms with Gasteiger partial charge in [-0.25, -0.2) is 9.97 Å². The number of guanidine groups is 1. The molecule has 152 valence electrons. The number of hydrogen-bond donors (Lipinski definition) is 1. The molecule has 2 saturated heterocycles. The summed E-state index contributed by atoms with van der Waals surface area (Å²) in [6, 6.07) is 1.86. The van der Waals surface area contributed by atoms with Gasteiger partial charge in [0.2, 0.25) is 5.95 Å². The average Bonchev–Trinajstić information content (AvgIpc) is 2.66. The summed E-state index contributed by atoms with van der Waals surface area (Å²) in [4.78, 5) is 20.4. The van der Waals surface area contributed by atoms with Crippen LogP contribution in [0, 0.1) is 11.8 Å². The second-order valence-electron chi connectivity index (χ2n) is 7.70. The molecule has 0 spiro atoms. The van der Waals surface area contributed by atoms with Gasteiger partial charge in [-0.15, -0.1) is 24.0 Å². The van der Waals surface area contributed by atoms with Crippen LogP contribution in [0.25, 0.3) is 0 Å². The van der Waals surface area contributed by atoms with Crippen LogP contribution in [0.1, 0.15) is 20.3 Å². The zero-order valence-electron chi connectivity index (χ0n) is 16.8. The number of hydrogen-bond acceptors (Lipinski definition) is 5. The van der Waals surface area contributed by atoms with Crippen molar-refractivity contribution in [2.75, 3.05) is 64.3 Å². The zero-order chi connectivity index (χ0) is 18.4. The Morgan fingerprint density at radius 2 is 1.74 bits per heavy atom. The fourth-order valence-electron chi connectivity index (χ4n) is 4.12. The first-order valence-corrected chi connectivity index (χ1v) is 9.85. The molecule has 0 aromatic carbocycles. The molecule has 7 nitrogen and oxygen atoms in total. The van der Waals surface area contributed by atoms with E-state index >= 15 is 0 Å². The molecule has 1 aromatic rings. The summed E-state index contributed by atoms with van der Waals surface area (Å²) in [5.74, 6) is 3.38. The van der Waals surface area contributed by atoms with Gasteiger partial charge in [0.1, 0.15) is 0 Å². The van der Waals surface area contributed by atoms with Gasteiger partial charge in [0, 0.05) is 71.8 Å². The van der Waals surface area contributed by atoms with Crippen molar-refractivity contribution in [3.05, 3.63) is 18.5 Å². The fraction of sp³-hybridized carbons (Fsp3) is 0.737. The number of likely N-dealkylation sites (tertiary alicyclic amines) is 1. The third-order valence-electron chi connectivity index (χ3n) is 5.30. The molecule has 8 heteroatoms. The monoisotopic (exact) mass is 487 g/mol. The summed E-state index contributed by atoms with van der Waals surface area (Å²) >= 11 is 0. The SMILES string of the molecule is CN=C(NCCN1CCN(c2ncccn2)CC1)N1CC(C)CC(C)C1.I. The molecule has 2 atom stereocenters. The Kier molecular flexibility index (Phi) is 9.01. The second-order valence-corrected chi connectivity index (χ2v) is 7.70. The minimum absolute atomic E-state index is 0. The molecule has 2 fully saturated rings. The second kappa shape index (κ2) is 11.0. The molecule has 3 heterocycles. The third kappa shape index (κ3) is 6.44. The molecule has 0 aliphatic carbocycles. The largest absolute Gasteiger partial charge is 0.355 e. The molecule has 2 aliphatic rings. The maximum atomic E-state index is 4.50. The van der Waals surface area contributed by atoms with Gasteiger partial charge in [-0.3, -0.25) is 9.89 Å². The van der Waals surface area contributed by atoms with Crippen molar-refractivity contribution in [1.82, 2.24) is 25.1 Å². The highest BCUT2D eigenvalue weighted by Gasteiger charge is 2.24. The number of nitrogens with one attached hydrogen (secondary N) is 1. The lowest BCUT2D eigenvalue weighted by Gasteiger charge is -2.38. The van der Waals surface area contributed by atoms with E-state index in [-0.39, 0.29) is 24.0 Å². The van der Waals surface area contributed by atoms with Crippen molar-refractivity contribution in [3.63, 3.8) is 0 Å². The van der Waals surface area contributed by atoms with Crippen LogP contribution in [0.15, 0.2) is 23.5 Å². The van der Waals surface area contributed by atoms with E-state index in [1.165, 1.54) is 6.42 Å². The highest BCUT2D eigenvalue weighted by atomic mass is 127. The number of nitrogens with zero attached hydrogens (tertiary/aromatic N) is 6. The van der Waals surface area contributed by atoms with Crippen LogP contribution in [-0.2, 0) is 0 Å². The molecular formula is C19H34IN7. The Morgan fingerprint density at radius 3 is 2.33 bits per heavy atom. The Labute approximate surface area is 180 Å². The number of halogens is 1. The topological polar surface area (TPSA) is 59.9 Å². The normalized spacial score (nSPS) is 24.5. The molecule has 2 aliphatic heterocycles. The molecule has 1 aromatic heterocycles. The lowest BCUT2D eigenvalue weighted by Crippen LogP contribution is -2.52. The number of piperidine rings is 1. The predicted octanol–water partition coefficient (Wildman–Crippen LogP) is 1.77. The Balaban J connectivity index is 0.00000261. The summed E-state index contributed by atoms with van der Waals surface area (Å²) in [6.45, 7) is 13.0. The van der Waals surface area contributed by atoms with E-state index in [9.17, 15) is 0 Å². The number of rotatable bonds is 4. The van der Waals surface area contributed by atoms with Gasteiger partial charge in [-0.1, -0.05) is 13.8 Å². The average molecular weight is 487 g/mol. The molecule has 2 unspecified atom stereocenters. The first-order valence-electron chi connectivity index (χ1n) is 9.85. The van der Waals surface area contributed by atoms with Crippen molar-refractivity contribution in [1.29, 1.82) is 0 Å². The summed E-state index contributed by atoms with van der Waals surface area (Å²) in [7, 11) is 1.89. The minimum atomic E-state index is 0. The van der Waals surface area contributed by atoms with Crippen molar-refractivity contribution in [2.45, 2.75) is 20.3 Å². The van der Waals surface area contributed by atoms with Crippen molar-refractivity contribution >= 4 is 35.9 Å². The predicted molar refractivity (Wildman–Crippen MR) is 122 cm³/mol. The first-order chi connectivity index (χ1) is 12.7. The number of aromatic nitrogens is 2. The van der Waals surface area contributed by atoms with Crippen LogP contribution in [-0.4, -0.2) is 85.1 Å². The van der Waals surface area contributed by atoms with Gasteiger partial charge in [0.05, 0.1) is 0 Å². The lowest BCUT2D eigenvalue weighted by molar-refractivity contribution is 0.206. The molecule has 1 N–H and O–H groups in total. The first kappa shape index (κ1) is 22.1. The van der Waals surface area contributed by atoms with E-state index in [2.05, 4.69) is 48.8 Å². The smallest absolute Gasteiger partial charge is 0.225 e. The van der Waals surface area contributed by atoms with Crippen molar-refractivity contribution in [3.8, 4) is 0 Å². The summed E-state index contributed by atoms with van der Waals surface area (Å²) in [6.07, 6.45) is 4.95. The van der Waals surface area contributed by atoms with Crippen LogP contribution < -0.4 is 10.2 Å². The minimum Gasteiger partial charge on any atom is -0.355 e. The van der Waals surface area contributed by atoms with Gasteiger partial charge in [-0.05, 0) is 24.3 Å². The fourth-order valence-corrected chi connectivity index (χ4v) is 4.12. The number of piperazine rings is 1. The molecular weight excluding hydrogens is 453 g/mol. The highest BCUT2D eigenvalue weighted by Crippen LogP contribution is 2.20. The lowest BCUT2D eigenvalue weighted by atomic mass is 9.92. The van der Waals surface area contributed by atoms with Gasteiger partial charge in [-0.2, -0.15) is 0 Å². The molecule has 0 bridgehead atoms. The molecule has 0 radical (unpaired) electrons. The van der Waals surface area contributed by atoms with E-state index in [1.807, 2.05) is 25.5 Å². The van der Waals surface area contributed by atoms with Crippen LogP contribution in [0.2, 0.25) is 0 Å². The summed E-state index contributed by atoms with van der Waals surface area (Å²) in [5.41, 5.74) is 0. The Hall–Kier alpha value is -1.16. The summed E-state index contributed by atoms with van der Waals surface area (Å²) < 4.78 is 0. The quantitative estimate of drug-likeness (QED) is 0.397. The standard InChI is InChI=1S/C19H33N7.HI/c1-16-13-17(2)15-26(14-16)18(20-3)23-7-8-24-9-11-25(12-10-24)19-21-5-4-6-22-19;/h4-6,16-17H,7-15H2,1-3H3,(H,20,23);1H. The summed E-state index contributed by atoms with van der Waals surface area (Å²) in [5, 5.41) is 3.57. The van der Waals surface area contributed by atoms with E-state index in [0.29, 0.717) is 0 Å². The molecule has 0 saturated carbocycles. The maximum Gasteiger partial charge on any atom is 0.225 e. The van der Waals surface area contributed by atoms with Crippen molar-refractivity contribution < 1.29 is 0 Å². The van der Waals surface area contributed by atoms with E-state index < -0.39 is 0 Å². The van der Waals surface area contributed by atoms with E-state index in [4.69, 9.17) is 0 Å². The van der Waals surface area contributed by atoms with Crippen LogP contribution in [0.5, 0.6) is 0 Å². The molecule has 27 heavy (non-hydrogen) atoms. The third-order valence-corrected chi connectivity index (χ3v) is 5.30. The van der Waals surface area contributed by atoms with Gasteiger partial charge >= 0.3 is 0 Å².